The third-order valence-corrected chi connectivity index (χ3v) is 4.21. The van der Waals surface area contributed by atoms with Gasteiger partial charge in [0, 0.05) is 11.1 Å². The average molecular weight is 312 g/mol. The van der Waals surface area contributed by atoms with E-state index in [0.29, 0.717) is 11.3 Å². The molecule has 0 spiro atoms. The van der Waals surface area contributed by atoms with Gasteiger partial charge in [0.25, 0.3) is 5.91 Å². The van der Waals surface area contributed by atoms with E-state index < -0.39 is 15.9 Å². The van der Waals surface area contributed by atoms with E-state index in [2.05, 4.69) is 14.9 Å². The number of nitrogens with one attached hydrogen (secondary N) is 1. The predicted octanol–water partition coefficient (Wildman–Crippen LogP) is 1.05. The van der Waals surface area contributed by atoms with Crippen LogP contribution in [0.1, 0.15) is 21.6 Å². The van der Waals surface area contributed by atoms with E-state index in [9.17, 15) is 13.2 Å². The fourth-order valence-electron chi connectivity index (χ4n) is 1.57. The van der Waals surface area contributed by atoms with Crippen molar-refractivity contribution in [3.05, 3.63) is 34.3 Å². The molecule has 0 saturated carbocycles. The summed E-state index contributed by atoms with van der Waals surface area (Å²) in [6.07, 6.45) is 0. The molecule has 106 valence electrons. The van der Waals surface area contributed by atoms with Gasteiger partial charge in [-0.3, -0.25) is 4.79 Å². The number of rotatable bonds is 3. The molecule has 2 rings (SSSR count). The highest BCUT2D eigenvalue weighted by molar-refractivity contribution is 7.89. The zero-order valence-corrected chi connectivity index (χ0v) is 12.4. The Morgan fingerprint density at radius 1 is 1.35 bits per heavy atom. The van der Waals surface area contributed by atoms with E-state index >= 15 is 0 Å². The maximum Gasteiger partial charge on any atom is 0.277 e. The molecule has 0 fully saturated rings. The van der Waals surface area contributed by atoms with Gasteiger partial charge in [0.15, 0.2) is 5.69 Å². The van der Waals surface area contributed by atoms with Crippen molar-refractivity contribution in [2.75, 3.05) is 5.32 Å². The molecule has 1 aromatic heterocycles. The molecule has 7 nitrogen and oxygen atoms in total. The molecular weight excluding hydrogens is 300 g/mol. The molecule has 1 heterocycles. The highest BCUT2D eigenvalue weighted by Gasteiger charge is 2.15. The van der Waals surface area contributed by atoms with Gasteiger partial charge in [-0.25, -0.2) is 13.6 Å². The molecule has 0 aliphatic heterocycles. The summed E-state index contributed by atoms with van der Waals surface area (Å²) in [6, 6.07) is 2.79. The van der Waals surface area contributed by atoms with E-state index in [1.165, 1.54) is 17.5 Å². The minimum atomic E-state index is -3.83. The molecule has 0 saturated heterocycles. The molecule has 0 aliphatic carbocycles. The molecule has 2 aromatic rings. The number of nitrogens with zero attached hydrogens (tertiary/aromatic N) is 2. The van der Waals surface area contributed by atoms with Gasteiger partial charge in [-0.1, -0.05) is 4.49 Å². The van der Waals surface area contributed by atoms with Crippen LogP contribution in [-0.4, -0.2) is 23.9 Å². The van der Waals surface area contributed by atoms with E-state index in [4.69, 9.17) is 5.14 Å². The normalized spacial score (nSPS) is 11.3. The zero-order chi connectivity index (χ0) is 14.9. The van der Waals surface area contributed by atoms with Crippen LogP contribution < -0.4 is 10.5 Å². The minimum Gasteiger partial charge on any atom is -0.320 e. The first-order chi connectivity index (χ1) is 9.29. The van der Waals surface area contributed by atoms with Gasteiger partial charge in [0.2, 0.25) is 10.0 Å². The number of hydrogen-bond donors (Lipinski definition) is 2. The average Bonchev–Trinajstić information content (AvgIpc) is 2.87. The summed E-state index contributed by atoms with van der Waals surface area (Å²) in [5.74, 6) is -0.451. The molecule has 0 unspecified atom stereocenters. The second-order valence-electron chi connectivity index (χ2n) is 4.20. The fourth-order valence-corrected chi connectivity index (χ4v) is 2.63. The third kappa shape index (κ3) is 3.00. The number of benzene rings is 1. The molecule has 9 heteroatoms. The topological polar surface area (TPSA) is 115 Å². The first-order valence-electron chi connectivity index (χ1n) is 5.51. The van der Waals surface area contributed by atoms with Crippen molar-refractivity contribution in [2.24, 2.45) is 5.14 Å². The molecule has 0 atom stereocenters. The number of sulfonamides is 1. The highest BCUT2D eigenvalue weighted by atomic mass is 32.2. The fraction of sp³-hybridized carbons (Fsp3) is 0.182. The summed E-state index contributed by atoms with van der Waals surface area (Å²) >= 11 is 1.06. The van der Waals surface area contributed by atoms with Crippen LogP contribution >= 0.6 is 11.5 Å². The summed E-state index contributed by atoms with van der Waals surface area (Å²) < 4.78 is 26.4. The molecule has 0 bridgehead atoms. The Morgan fingerprint density at radius 2 is 2.05 bits per heavy atom. The Hall–Kier alpha value is -1.84. The lowest BCUT2D eigenvalue weighted by Gasteiger charge is -2.11. The van der Waals surface area contributed by atoms with E-state index in [1.54, 1.807) is 13.8 Å². The molecule has 0 aliphatic rings. The maximum atomic E-state index is 11.9. The van der Waals surface area contributed by atoms with Crippen molar-refractivity contribution in [3.8, 4) is 0 Å². The smallest absolute Gasteiger partial charge is 0.277 e. The van der Waals surface area contributed by atoms with Crippen LogP contribution in [0, 0.1) is 13.8 Å². The second kappa shape index (κ2) is 5.27. The number of nitrogens with two attached hydrogens (primary N) is 1. The summed E-state index contributed by atoms with van der Waals surface area (Å²) in [5.41, 5.74) is 2.03. The summed E-state index contributed by atoms with van der Waals surface area (Å²) in [6.45, 7) is 3.52. The van der Waals surface area contributed by atoms with Crippen LogP contribution in [0.3, 0.4) is 0 Å². The molecule has 20 heavy (non-hydrogen) atoms. The van der Waals surface area contributed by atoms with Crippen molar-refractivity contribution in [3.63, 3.8) is 0 Å². The Morgan fingerprint density at radius 3 is 2.60 bits per heavy atom. The van der Waals surface area contributed by atoms with Crippen LogP contribution in [0.4, 0.5) is 5.69 Å². The first kappa shape index (κ1) is 14.6. The van der Waals surface area contributed by atoms with Gasteiger partial charge in [-0.15, -0.1) is 5.10 Å². The van der Waals surface area contributed by atoms with Crippen molar-refractivity contribution in [1.82, 2.24) is 9.59 Å². The van der Waals surface area contributed by atoms with Crippen LogP contribution in [-0.2, 0) is 10.0 Å². The lowest BCUT2D eigenvalue weighted by molar-refractivity contribution is 0.102. The number of hydrogen-bond acceptors (Lipinski definition) is 6. The van der Waals surface area contributed by atoms with Gasteiger partial charge < -0.3 is 5.32 Å². The van der Waals surface area contributed by atoms with Gasteiger partial charge in [0.05, 0.1) is 4.90 Å². The van der Waals surface area contributed by atoms with Crippen molar-refractivity contribution in [1.29, 1.82) is 0 Å². The number of aryl methyl sites for hydroxylation is 1. The van der Waals surface area contributed by atoms with E-state index in [0.717, 1.165) is 17.1 Å². The van der Waals surface area contributed by atoms with Crippen LogP contribution in [0.5, 0.6) is 0 Å². The lowest BCUT2D eigenvalue weighted by Crippen LogP contribution is -2.16. The Kier molecular flexibility index (Phi) is 3.84. The van der Waals surface area contributed by atoms with Gasteiger partial charge in [-0.2, -0.15) is 0 Å². The molecule has 0 radical (unpaired) electrons. The molecule has 1 amide bonds. The summed E-state index contributed by atoms with van der Waals surface area (Å²) in [4.78, 5) is 11.9. The number of primary sulfonamides is 1. The summed E-state index contributed by atoms with van der Waals surface area (Å²) in [7, 11) is -3.83. The van der Waals surface area contributed by atoms with Gasteiger partial charge >= 0.3 is 0 Å². The van der Waals surface area contributed by atoms with Crippen molar-refractivity contribution >= 4 is 33.2 Å². The van der Waals surface area contributed by atoms with Gasteiger partial charge in [-0.05, 0) is 48.6 Å². The molecule has 1 aromatic carbocycles. The predicted molar refractivity (Wildman–Crippen MR) is 75.2 cm³/mol. The molecule has 3 N–H and O–H groups in total. The standard InChI is InChI=1S/C11H12N4O3S2/c1-6-3-8(20(12,17)18)4-9(7(6)2)13-11(16)10-5-19-15-14-10/h3-5H,1-2H3,(H,13,16)(H2,12,17,18). The quantitative estimate of drug-likeness (QED) is 0.879. The largest absolute Gasteiger partial charge is 0.320 e. The Balaban J connectivity index is 2.41. The molecular formula is C11H12N4O3S2. The SMILES string of the molecule is Cc1cc(S(N)(=O)=O)cc(NC(=O)c2csnn2)c1C. The van der Waals surface area contributed by atoms with Crippen molar-refractivity contribution in [2.45, 2.75) is 18.7 Å². The summed E-state index contributed by atoms with van der Waals surface area (Å²) in [5, 5.41) is 12.9. The zero-order valence-electron chi connectivity index (χ0n) is 10.7. The number of carbonyl (C=O) groups is 1. The first-order valence-corrected chi connectivity index (χ1v) is 7.90. The Bertz CT molecular complexity index is 754. The van der Waals surface area contributed by atoms with Crippen molar-refractivity contribution < 1.29 is 13.2 Å². The lowest BCUT2D eigenvalue weighted by atomic mass is 10.1. The maximum absolute atomic E-state index is 11.9. The number of amides is 1. The number of carbonyl (C=O) groups excluding carboxylic acids is 1. The second-order valence-corrected chi connectivity index (χ2v) is 6.37. The highest BCUT2D eigenvalue weighted by Crippen LogP contribution is 2.24. The Labute approximate surface area is 120 Å². The number of aromatic nitrogens is 2. The van der Waals surface area contributed by atoms with Crippen LogP contribution in [0.2, 0.25) is 0 Å². The van der Waals surface area contributed by atoms with Crippen LogP contribution in [0.25, 0.3) is 0 Å². The minimum absolute atomic E-state index is 0.0488. The van der Waals surface area contributed by atoms with E-state index in [-0.39, 0.29) is 10.6 Å². The van der Waals surface area contributed by atoms with E-state index in [1.807, 2.05) is 0 Å². The van der Waals surface area contributed by atoms with Crippen LogP contribution in [0.15, 0.2) is 22.4 Å². The number of anilines is 1. The third-order valence-electron chi connectivity index (χ3n) is 2.81. The monoisotopic (exact) mass is 312 g/mol. The van der Waals surface area contributed by atoms with Gasteiger partial charge in [0.1, 0.15) is 0 Å².